The van der Waals surface area contributed by atoms with Crippen LogP contribution in [-0.4, -0.2) is 147 Å². The number of ether oxygens (including phenoxy) is 3. The van der Waals surface area contributed by atoms with E-state index in [-0.39, 0.29) is 47.7 Å². The molecule has 408 valence electrons. The fourth-order valence-corrected chi connectivity index (χ4v) is 9.49. The Labute approximate surface area is 451 Å². The van der Waals surface area contributed by atoms with E-state index < -0.39 is 54.1 Å². The predicted octanol–water partition coefficient (Wildman–Crippen LogP) is 7.27. The first-order chi connectivity index (χ1) is 36.1. The molecule has 7 rings (SSSR count). The van der Waals surface area contributed by atoms with Crippen LogP contribution in [0.2, 0.25) is 0 Å². The molecule has 0 aliphatic carbocycles. The number of pyridine rings is 3. The Kier molecular flexibility index (Phi) is 19.9. The SMILES string of the molecule is COC(=O)N[C@H](C(=O)N1CCC[C@H]1C(=O)Cc1ccc(-c2ccc3cnc(NC(=O)[C@@H]4CCCN4C(=O)OC(C)(C)C)cc3c2)cn1)C(C)C.COC(=O)N[C@H](C(=O)N1CCC[C@H]1C(=O)Nc1ccc(Br)cn1)C(C)C. The summed E-state index contributed by atoms with van der Waals surface area (Å²) >= 11 is 3.29. The smallest absolute Gasteiger partial charge is 0.410 e. The average molecular weight is 1110 g/mol. The number of nitrogens with one attached hydrogen (secondary N) is 4. The number of amides is 7. The summed E-state index contributed by atoms with van der Waals surface area (Å²) in [6, 6.07) is 11.5. The molecule has 6 heterocycles. The van der Waals surface area contributed by atoms with Crippen molar-refractivity contribution in [3.05, 3.63) is 77.3 Å². The molecule has 21 nitrogen and oxygen atoms in total. The van der Waals surface area contributed by atoms with Crippen LogP contribution in [0, 0.1) is 11.8 Å². The third-order valence-electron chi connectivity index (χ3n) is 13.2. The van der Waals surface area contributed by atoms with Crippen molar-refractivity contribution in [2.75, 3.05) is 44.5 Å². The summed E-state index contributed by atoms with van der Waals surface area (Å²) in [7, 11) is 2.49. The van der Waals surface area contributed by atoms with Gasteiger partial charge in [0.2, 0.25) is 23.6 Å². The van der Waals surface area contributed by atoms with Crippen LogP contribution in [0.1, 0.15) is 92.7 Å². The van der Waals surface area contributed by atoms with Crippen molar-refractivity contribution in [2.24, 2.45) is 11.8 Å². The van der Waals surface area contributed by atoms with Gasteiger partial charge in [-0.1, -0.05) is 45.9 Å². The van der Waals surface area contributed by atoms with Crippen molar-refractivity contribution in [1.82, 2.24) is 40.3 Å². The van der Waals surface area contributed by atoms with Crippen molar-refractivity contribution >= 4 is 86.0 Å². The highest BCUT2D eigenvalue weighted by Gasteiger charge is 2.41. The molecule has 0 radical (unpaired) electrons. The van der Waals surface area contributed by atoms with Gasteiger partial charge in [-0.3, -0.25) is 33.9 Å². The van der Waals surface area contributed by atoms with Gasteiger partial charge in [0.05, 0.1) is 26.7 Å². The largest absolute Gasteiger partial charge is 0.453 e. The second-order valence-corrected chi connectivity index (χ2v) is 21.5. The van der Waals surface area contributed by atoms with E-state index in [0.29, 0.717) is 69.1 Å². The molecule has 0 spiro atoms. The van der Waals surface area contributed by atoms with Crippen LogP contribution in [0.5, 0.6) is 0 Å². The number of nitrogens with zero attached hydrogens (tertiary/aromatic N) is 6. The van der Waals surface area contributed by atoms with E-state index in [1.165, 1.54) is 24.0 Å². The first-order valence-corrected chi connectivity index (χ1v) is 26.3. The molecule has 0 bridgehead atoms. The van der Waals surface area contributed by atoms with Crippen LogP contribution in [0.25, 0.3) is 21.9 Å². The van der Waals surface area contributed by atoms with Gasteiger partial charge in [-0.05, 0) is 128 Å². The number of hydrogen-bond acceptors (Lipinski definition) is 14. The Morgan fingerprint density at radius 1 is 0.618 bits per heavy atom. The maximum absolute atomic E-state index is 13.4. The summed E-state index contributed by atoms with van der Waals surface area (Å²) in [6.07, 6.45) is 7.00. The van der Waals surface area contributed by atoms with Crippen LogP contribution in [0.4, 0.5) is 26.0 Å². The van der Waals surface area contributed by atoms with Crippen LogP contribution >= 0.6 is 15.9 Å². The number of anilines is 2. The lowest BCUT2D eigenvalue weighted by Crippen LogP contribution is -2.54. The Bertz CT molecular complexity index is 2750. The van der Waals surface area contributed by atoms with Gasteiger partial charge in [0.15, 0.2) is 5.78 Å². The summed E-state index contributed by atoms with van der Waals surface area (Å²) in [4.78, 5) is 119. The fraction of sp³-hybridized carbons (Fsp3) is 0.500. The van der Waals surface area contributed by atoms with Gasteiger partial charge in [0.1, 0.15) is 41.4 Å². The first-order valence-electron chi connectivity index (χ1n) is 25.5. The van der Waals surface area contributed by atoms with Gasteiger partial charge in [-0.25, -0.2) is 24.4 Å². The van der Waals surface area contributed by atoms with Gasteiger partial charge in [0, 0.05) is 59.3 Å². The van der Waals surface area contributed by atoms with Gasteiger partial charge in [-0.2, -0.15) is 0 Å². The molecule has 0 unspecified atom stereocenters. The second kappa shape index (κ2) is 26.0. The van der Waals surface area contributed by atoms with Gasteiger partial charge in [0.25, 0.3) is 0 Å². The Morgan fingerprint density at radius 2 is 1.14 bits per heavy atom. The molecule has 4 aromatic rings. The zero-order valence-corrected chi connectivity index (χ0v) is 46.1. The predicted molar refractivity (Wildman–Crippen MR) is 287 cm³/mol. The quantitative estimate of drug-likeness (QED) is 0.0906. The van der Waals surface area contributed by atoms with Crippen molar-refractivity contribution in [2.45, 2.75) is 129 Å². The normalized spacial score (nSPS) is 18.1. The molecule has 3 fully saturated rings. The molecule has 76 heavy (non-hydrogen) atoms. The topological polar surface area (TPSA) is 261 Å². The fourth-order valence-electron chi connectivity index (χ4n) is 9.26. The maximum atomic E-state index is 13.4. The van der Waals surface area contributed by atoms with Crippen LogP contribution < -0.4 is 21.3 Å². The zero-order chi connectivity index (χ0) is 55.4. The maximum Gasteiger partial charge on any atom is 0.410 e. The van der Waals surface area contributed by atoms with E-state index in [4.69, 9.17) is 4.74 Å². The average Bonchev–Trinajstić information content (AvgIpc) is 4.20. The highest BCUT2D eigenvalue weighted by molar-refractivity contribution is 9.10. The molecule has 3 aliphatic rings. The Hall–Kier alpha value is -7.23. The number of methoxy groups -OCH3 is 2. The summed E-state index contributed by atoms with van der Waals surface area (Å²) in [5.41, 5.74) is 1.67. The number of ketones is 1. The van der Waals surface area contributed by atoms with Crippen molar-refractivity contribution in [3.8, 4) is 11.1 Å². The second-order valence-electron chi connectivity index (χ2n) is 20.6. The molecule has 1 aromatic carbocycles. The van der Waals surface area contributed by atoms with Crippen LogP contribution in [0.3, 0.4) is 0 Å². The number of aromatic nitrogens is 3. The van der Waals surface area contributed by atoms with Crippen molar-refractivity contribution < 1.29 is 52.6 Å². The van der Waals surface area contributed by atoms with Gasteiger partial charge < -0.3 is 45.3 Å². The van der Waals surface area contributed by atoms with Gasteiger partial charge in [-0.15, -0.1) is 0 Å². The summed E-state index contributed by atoms with van der Waals surface area (Å²) in [5.74, 6) is -0.798. The molecular formula is C54H69BrN10O11. The standard InChI is InChI=1S/C37H46N6O7.C17H23BrN4O4/c1-22(2)32(41-35(47)49-6)34(46)42-15-7-9-28(42)30(44)19-27-14-13-24(20-38-27)23-11-12-25-21-39-31(18-26(25)17-23)40-33(45)29-10-8-16-43(29)36(48)50-37(3,4)5;1-10(2)14(21-17(25)26-3)16(24)22-8-4-5-12(22)15(23)20-13-7-6-11(18)9-19-13/h11-14,17-18,20-22,28-29,32H,7-10,15-16,19H2,1-6H3,(H,41,47)(H,39,40,45);6-7,9-10,12,14H,4-5,8H2,1-3H3,(H,21,25)(H,19,20,23)/t28-,29-,32-;12-,14-/m00/s1. The molecule has 0 saturated carbocycles. The highest BCUT2D eigenvalue weighted by Crippen LogP contribution is 2.29. The Morgan fingerprint density at radius 3 is 1.67 bits per heavy atom. The molecular weight excluding hydrogens is 1040 g/mol. The molecule has 7 amide bonds. The lowest BCUT2D eigenvalue weighted by Gasteiger charge is -2.30. The third-order valence-corrected chi connectivity index (χ3v) is 13.6. The number of rotatable bonds is 14. The van der Waals surface area contributed by atoms with E-state index in [9.17, 15) is 38.4 Å². The van der Waals surface area contributed by atoms with E-state index in [1.807, 2.05) is 58.0 Å². The monoisotopic (exact) mass is 1110 g/mol. The number of likely N-dealkylation sites (tertiary alicyclic amines) is 3. The molecule has 3 saturated heterocycles. The number of alkyl carbamates (subject to hydrolysis) is 2. The van der Waals surface area contributed by atoms with E-state index in [2.05, 4.69) is 61.6 Å². The molecule has 22 heteroatoms. The van der Waals surface area contributed by atoms with E-state index >= 15 is 0 Å². The summed E-state index contributed by atoms with van der Waals surface area (Å²) in [6.45, 7) is 14.1. The molecule has 4 N–H and O–H groups in total. The van der Waals surface area contributed by atoms with E-state index in [1.54, 1.807) is 62.5 Å². The summed E-state index contributed by atoms with van der Waals surface area (Å²) in [5, 5.41) is 12.5. The molecule has 3 aromatic heterocycles. The minimum absolute atomic E-state index is 0.0737. The minimum atomic E-state index is -0.792. The number of fused-ring (bicyclic) bond motifs is 1. The number of Topliss-reactive ketones (excluding diaryl/α,β-unsaturated/α-hetero) is 1. The van der Waals surface area contributed by atoms with E-state index in [0.717, 1.165) is 32.8 Å². The summed E-state index contributed by atoms with van der Waals surface area (Å²) < 4.78 is 15.6. The van der Waals surface area contributed by atoms with Crippen molar-refractivity contribution in [1.29, 1.82) is 0 Å². The number of carbonyl (C=O) groups excluding carboxylic acids is 8. The number of halogens is 1. The number of carbonyl (C=O) groups is 8. The Balaban J connectivity index is 0.000000303. The molecule has 3 aliphatic heterocycles. The number of benzene rings is 1. The van der Waals surface area contributed by atoms with Crippen LogP contribution in [0.15, 0.2) is 71.6 Å². The van der Waals surface area contributed by atoms with Gasteiger partial charge >= 0.3 is 18.3 Å². The lowest BCUT2D eigenvalue weighted by atomic mass is 10.00. The molecule has 5 atom stereocenters. The third kappa shape index (κ3) is 15.2. The van der Waals surface area contributed by atoms with Crippen LogP contribution in [-0.2, 0) is 44.6 Å². The lowest BCUT2D eigenvalue weighted by molar-refractivity contribution is -0.139. The highest BCUT2D eigenvalue weighted by atomic mass is 79.9. The van der Waals surface area contributed by atoms with Crippen molar-refractivity contribution in [3.63, 3.8) is 0 Å². The minimum Gasteiger partial charge on any atom is -0.453 e. The first kappa shape index (κ1) is 58.0. The zero-order valence-electron chi connectivity index (χ0n) is 44.5. The number of hydrogen-bond donors (Lipinski definition) is 4.